The Kier molecular flexibility index (Phi) is 6.95. The third-order valence-electron chi connectivity index (χ3n) is 6.33. The van der Waals surface area contributed by atoms with Gasteiger partial charge in [-0.25, -0.2) is 0 Å². The van der Waals surface area contributed by atoms with Crippen LogP contribution in [0.25, 0.3) is 0 Å². The molecule has 2 aliphatic rings. The van der Waals surface area contributed by atoms with Gasteiger partial charge in [-0.1, -0.05) is 48.0 Å². The van der Waals surface area contributed by atoms with Crippen LogP contribution in [0.2, 0.25) is 0 Å². The monoisotopic (exact) mass is 458 g/mol. The zero-order chi connectivity index (χ0) is 22.6. The van der Waals surface area contributed by atoms with Crippen molar-refractivity contribution in [3.05, 3.63) is 65.7 Å². The van der Waals surface area contributed by atoms with E-state index in [9.17, 15) is 13.2 Å². The fraction of sp³-hybridized carbons (Fsp3) is 0.458. The lowest BCUT2D eigenvalue weighted by atomic mass is 9.73. The van der Waals surface area contributed by atoms with Crippen LogP contribution in [0.1, 0.15) is 24.0 Å². The third-order valence-corrected chi connectivity index (χ3v) is 7.59. The van der Waals surface area contributed by atoms with Crippen molar-refractivity contribution in [3.63, 3.8) is 0 Å². The maximum absolute atomic E-state index is 13.6. The van der Waals surface area contributed by atoms with E-state index in [0.717, 1.165) is 11.1 Å². The minimum absolute atomic E-state index is 0.130. The topological polar surface area (TPSA) is 76.2 Å². The van der Waals surface area contributed by atoms with E-state index >= 15 is 0 Å². The van der Waals surface area contributed by atoms with Gasteiger partial charge >= 0.3 is 10.1 Å². The highest BCUT2D eigenvalue weighted by Gasteiger charge is 2.44. The van der Waals surface area contributed by atoms with Crippen LogP contribution in [0.4, 0.5) is 0 Å². The van der Waals surface area contributed by atoms with E-state index in [1.165, 1.54) is 5.06 Å². The summed E-state index contributed by atoms with van der Waals surface area (Å²) in [5.41, 5.74) is 1.51. The van der Waals surface area contributed by atoms with Gasteiger partial charge in [0.25, 0.3) is 0 Å². The average molecular weight is 459 g/mol. The summed E-state index contributed by atoms with van der Waals surface area (Å²) < 4.78 is 36.2. The zero-order valence-electron chi connectivity index (χ0n) is 18.4. The van der Waals surface area contributed by atoms with Crippen molar-refractivity contribution >= 4 is 16.0 Å². The Balaban J connectivity index is 1.49. The number of carbonyl (C=O) groups is 1. The first-order valence-electron chi connectivity index (χ1n) is 11.1. The fourth-order valence-corrected chi connectivity index (χ4v) is 5.41. The minimum Gasteiger partial charge on any atom is -0.378 e. The number of amides is 1. The Labute approximate surface area is 190 Å². The average Bonchev–Trinajstić information content (AvgIpc) is 2.81. The molecule has 0 saturated carbocycles. The molecule has 0 bridgehead atoms. The molecule has 2 heterocycles. The number of piperidine rings is 1. The predicted octanol–water partition coefficient (Wildman–Crippen LogP) is 2.80. The second-order valence-electron chi connectivity index (χ2n) is 8.62. The molecule has 0 atom stereocenters. The Morgan fingerprint density at radius 2 is 1.59 bits per heavy atom. The molecule has 8 heteroatoms. The summed E-state index contributed by atoms with van der Waals surface area (Å²) >= 11 is 0. The number of aryl methyl sites for hydroxylation is 1. The van der Waals surface area contributed by atoms with Gasteiger partial charge in [0.05, 0.1) is 23.5 Å². The largest absolute Gasteiger partial charge is 0.378 e. The Bertz CT molecular complexity index is 1010. The Morgan fingerprint density at radius 1 is 0.969 bits per heavy atom. The molecule has 32 heavy (non-hydrogen) atoms. The molecule has 0 spiro atoms. The van der Waals surface area contributed by atoms with Crippen molar-refractivity contribution < 1.29 is 22.2 Å². The maximum Gasteiger partial charge on any atom is 0.313 e. The smallest absolute Gasteiger partial charge is 0.313 e. The number of rotatable bonds is 6. The van der Waals surface area contributed by atoms with E-state index in [2.05, 4.69) is 0 Å². The van der Waals surface area contributed by atoms with Crippen LogP contribution in [0, 0.1) is 12.3 Å². The molecule has 2 saturated heterocycles. The van der Waals surface area contributed by atoms with Crippen LogP contribution in [0.15, 0.2) is 59.5 Å². The van der Waals surface area contributed by atoms with E-state index in [0.29, 0.717) is 58.7 Å². The van der Waals surface area contributed by atoms with E-state index < -0.39 is 15.5 Å². The first kappa shape index (κ1) is 22.9. The lowest BCUT2D eigenvalue weighted by Gasteiger charge is -2.43. The normalized spacial score (nSPS) is 19.6. The van der Waals surface area contributed by atoms with Gasteiger partial charge in [-0.15, -0.1) is 0 Å². The summed E-state index contributed by atoms with van der Waals surface area (Å²) in [6.45, 7) is 4.94. The second kappa shape index (κ2) is 9.70. The van der Waals surface area contributed by atoms with Crippen LogP contribution in [-0.2, 0) is 30.4 Å². The number of nitrogens with zero attached hydrogens (tertiary/aromatic N) is 2. The first-order chi connectivity index (χ1) is 15.4. The lowest BCUT2D eigenvalue weighted by Crippen LogP contribution is -2.54. The highest BCUT2D eigenvalue weighted by atomic mass is 32.2. The summed E-state index contributed by atoms with van der Waals surface area (Å²) in [5.74, 6) is 0.130. The molecule has 0 unspecified atom stereocenters. The number of hydroxylamine groups is 2. The SMILES string of the molecule is Cc1ccc(S(=O)(=O)ON2CCC(Cc3ccccc3)(C(=O)N3CCOCC3)CC2)cc1. The summed E-state index contributed by atoms with van der Waals surface area (Å²) in [4.78, 5) is 15.6. The Morgan fingerprint density at radius 3 is 2.22 bits per heavy atom. The Hall–Kier alpha value is -2.26. The summed E-state index contributed by atoms with van der Waals surface area (Å²) in [7, 11) is -3.90. The van der Waals surface area contributed by atoms with Crippen LogP contribution < -0.4 is 0 Å². The standard InChI is InChI=1S/C24H30N2O5S/c1-20-7-9-22(10-8-20)32(28,29)31-26-13-11-24(12-14-26,19-21-5-3-2-4-6-21)23(27)25-15-17-30-18-16-25/h2-10H,11-19H2,1H3. The zero-order valence-corrected chi connectivity index (χ0v) is 19.2. The number of benzene rings is 2. The number of hydrogen-bond acceptors (Lipinski definition) is 6. The molecule has 2 fully saturated rings. The van der Waals surface area contributed by atoms with E-state index in [-0.39, 0.29) is 10.8 Å². The van der Waals surface area contributed by atoms with E-state index in [1.807, 2.05) is 42.2 Å². The second-order valence-corrected chi connectivity index (χ2v) is 10.1. The molecule has 7 nitrogen and oxygen atoms in total. The van der Waals surface area contributed by atoms with Gasteiger partial charge in [0.2, 0.25) is 5.91 Å². The lowest BCUT2D eigenvalue weighted by molar-refractivity contribution is -0.156. The highest BCUT2D eigenvalue weighted by Crippen LogP contribution is 2.38. The first-order valence-corrected chi connectivity index (χ1v) is 12.5. The van der Waals surface area contributed by atoms with Gasteiger partial charge in [-0.3, -0.25) is 4.79 Å². The molecule has 0 N–H and O–H groups in total. The van der Waals surface area contributed by atoms with Crippen molar-refractivity contribution in [2.24, 2.45) is 5.41 Å². The molecular weight excluding hydrogens is 428 g/mol. The summed E-state index contributed by atoms with van der Waals surface area (Å²) in [5, 5.41) is 1.48. The van der Waals surface area contributed by atoms with Gasteiger partial charge < -0.3 is 9.64 Å². The molecule has 0 aromatic heterocycles. The van der Waals surface area contributed by atoms with Crippen molar-refractivity contribution in [1.29, 1.82) is 0 Å². The summed E-state index contributed by atoms with van der Waals surface area (Å²) in [6, 6.07) is 16.6. The van der Waals surface area contributed by atoms with Crippen LogP contribution in [-0.4, -0.2) is 63.7 Å². The van der Waals surface area contributed by atoms with E-state index in [4.69, 9.17) is 9.02 Å². The molecule has 0 aliphatic carbocycles. The number of ether oxygens (including phenoxy) is 1. The molecule has 4 rings (SSSR count). The number of hydrogen-bond donors (Lipinski definition) is 0. The highest BCUT2D eigenvalue weighted by molar-refractivity contribution is 7.86. The van der Waals surface area contributed by atoms with Crippen molar-refractivity contribution in [1.82, 2.24) is 9.96 Å². The van der Waals surface area contributed by atoms with E-state index in [1.54, 1.807) is 24.3 Å². The molecule has 172 valence electrons. The third kappa shape index (κ3) is 5.20. The minimum atomic E-state index is -3.90. The fourth-order valence-electron chi connectivity index (χ4n) is 4.43. The maximum atomic E-state index is 13.6. The molecular formula is C24H30N2O5S. The summed E-state index contributed by atoms with van der Waals surface area (Å²) in [6.07, 6.45) is 1.69. The molecule has 2 aliphatic heterocycles. The van der Waals surface area contributed by atoms with Crippen molar-refractivity contribution in [3.8, 4) is 0 Å². The number of carbonyl (C=O) groups excluding carboxylic acids is 1. The molecule has 0 radical (unpaired) electrons. The molecule has 2 aromatic rings. The predicted molar refractivity (Wildman–Crippen MR) is 120 cm³/mol. The number of morpholine rings is 1. The van der Waals surface area contributed by atoms with Gasteiger partial charge in [0, 0.05) is 26.2 Å². The quantitative estimate of drug-likeness (QED) is 0.663. The van der Waals surface area contributed by atoms with Crippen molar-refractivity contribution in [2.75, 3.05) is 39.4 Å². The van der Waals surface area contributed by atoms with Crippen molar-refractivity contribution in [2.45, 2.75) is 31.1 Å². The van der Waals surface area contributed by atoms with Crippen LogP contribution >= 0.6 is 0 Å². The van der Waals surface area contributed by atoms with Gasteiger partial charge in [0.15, 0.2) is 0 Å². The molecule has 2 aromatic carbocycles. The van der Waals surface area contributed by atoms with Gasteiger partial charge in [-0.2, -0.15) is 17.8 Å². The van der Waals surface area contributed by atoms with Crippen LogP contribution in [0.5, 0.6) is 0 Å². The van der Waals surface area contributed by atoms with Gasteiger partial charge in [-0.05, 0) is 43.9 Å². The van der Waals surface area contributed by atoms with Crippen LogP contribution in [0.3, 0.4) is 0 Å². The van der Waals surface area contributed by atoms with Gasteiger partial charge in [0.1, 0.15) is 0 Å². The molecule has 1 amide bonds.